The van der Waals surface area contributed by atoms with Gasteiger partial charge in [0.2, 0.25) is 5.91 Å². The number of amides is 1. The van der Waals surface area contributed by atoms with Gasteiger partial charge in [0.15, 0.2) is 5.43 Å². The van der Waals surface area contributed by atoms with E-state index < -0.39 is 0 Å². The van der Waals surface area contributed by atoms with Crippen molar-refractivity contribution in [1.82, 2.24) is 14.5 Å². The van der Waals surface area contributed by atoms with E-state index in [-0.39, 0.29) is 23.5 Å². The van der Waals surface area contributed by atoms with Crippen molar-refractivity contribution >= 4 is 23.1 Å². The number of hydrogen-bond donors (Lipinski definition) is 1. The summed E-state index contributed by atoms with van der Waals surface area (Å²) in [6, 6.07) is 10.9. The first-order valence-electron chi connectivity index (χ1n) is 10.5. The average molecular weight is 437 g/mol. The average Bonchev–Trinajstić information content (AvgIpc) is 3.22. The number of carbonyl (C=O) groups excluding carboxylic acids is 1. The van der Waals surface area contributed by atoms with Crippen molar-refractivity contribution in [2.45, 2.75) is 31.4 Å². The van der Waals surface area contributed by atoms with Gasteiger partial charge in [-0.25, -0.2) is 4.98 Å². The van der Waals surface area contributed by atoms with Gasteiger partial charge in [-0.2, -0.15) is 0 Å². The molecule has 2 aliphatic heterocycles. The molecule has 1 amide bonds. The Bertz CT molecular complexity index is 1160. The summed E-state index contributed by atoms with van der Waals surface area (Å²) in [5.74, 6) is 0.578. The summed E-state index contributed by atoms with van der Waals surface area (Å²) in [5.41, 5.74) is 7.62. The minimum atomic E-state index is -0.337. The fourth-order valence-corrected chi connectivity index (χ4v) is 5.67. The molecule has 0 unspecified atom stereocenters. The fourth-order valence-electron chi connectivity index (χ4n) is 4.47. The number of piperidine rings is 1. The van der Waals surface area contributed by atoms with Crippen molar-refractivity contribution in [3.63, 3.8) is 0 Å². The van der Waals surface area contributed by atoms with Gasteiger partial charge in [0.05, 0.1) is 22.8 Å². The zero-order valence-corrected chi connectivity index (χ0v) is 17.9. The van der Waals surface area contributed by atoms with E-state index >= 15 is 0 Å². The lowest BCUT2D eigenvalue weighted by molar-refractivity contribution is -0.141. The molecule has 0 aromatic carbocycles. The highest BCUT2D eigenvalue weighted by molar-refractivity contribution is 7.15. The molecule has 0 atom stereocenters. The van der Waals surface area contributed by atoms with Crippen molar-refractivity contribution < 1.29 is 9.53 Å². The number of nitrogens with zero attached hydrogens (tertiary/aromatic N) is 3. The van der Waals surface area contributed by atoms with Gasteiger partial charge in [-0.3, -0.25) is 9.59 Å². The Balaban J connectivity index is 1.32. The van der Waals surface area contributed by atoms with Crippen LogP contribution in [0.4, 0.5) is 5.82 Å². The molecular formula is C23H24N4O3S. The molecule has 0 saturated carbocycles. The van der Waals surface area contributed by atoms with Gasteiger partial charge in [0, 0.05) is 48.9 Å². The maximum atomic E-state index is 12.8. The Labute approximate surface area is 184 Å². The van der Waals surface area contributed by atoms with Gasteiger partial charge in [0.1, 0.15) is 12.4 Å². The van der Waals surface area contributed by atoms with E-state index in [0.717, 1.165) is 29.8 Å². The van der Waals surface area contributed by atoms with Gasteiger partial charge in [-0.15, -0.1) is 11.3 Å². The number of anilines is 1. The highest BCUT2D eigenvalue weighted by Gasteiger charge is 2.42. The van der Waals surface area contributed by atoms with Gasteiger partial charge in [0.25, 0.3) is 0 Å². The highest BCUT2D eigenvalue weighted by atomic mass is 32.1. The van der Waals surface area contributed by atoms with Crippen LogP contribution in [0.5, 0.6) is 0 Å². The van der Waals surface area contributed by atoms with Crippen molar-refractivity contribution in [3.8, 4) is 10.6 Å². The molecular weight excluding hydrogens is 412 g/mol. The number of fused-ring (bicyclic) bond motifs is 2. The van der Waals surface area contributed by atoms with E-state index in [0.29, 0.717) is 25.5 Å². The van der Waals surface area contributed by atoms with Crippen molar-refractivity contribution in [1.29, 1.82) is 0 Å². The van der Waals surface area contributed by atoms with E-state index in [9.17, 15) is 9.59 Å². The number of rotatable bonds is 3. The topological polar surface area (TPSA) is 90.5 Å². The van der Waals surface area contributed by atoms with E-state index in [1.807, 2.05) is 17.0 Å². The summed E-state index contributed by atoms with van der Waals surface area (Å²) < 4.78 is 8.09. The van der Waals surface area contributed by atoms with Crippen LogP contribution in [-0.2, 0) is 28.1 Å². The first-order chi connectivity index (χ1) is 15.0. The summed E-state index contributed by atoms with van der Waals surface area (Å²) in [6.45, 7) is 2.24. The van der Waals surface area contributed by atoms with E-state index in [1.54, 1.807) is 34.4 Å². The molecule has 1 spiro atoms. The molecule has 3 aromatic rings. The number of hydrogen-bond acceptors (Lipinski definition) is 6. The molecule has 2 N–H and O–H groups in total. The number of nitrogen functional groups attached to an aromatic ring is 1. The molecule has 7 nitrogen and oxygen atoms in total. The lowest BCUT2D eigenvalue weighted by atomic mass is 9.82. The minimum Gasteiger partial charge on any atom is -0.384 e. The van der Waals surface area contributed by atoms with Crippen LogP contribution in [0, 0.1) is 0 Å². The first-order valence-corrected chi connectivity index (χ1v) is 11.3. The maximum absolute atomic E-state index is 12.8. The zero-order chi connectivity index (χ0) is 21.4. The summed E-state index contributed by atoms with van der Waals surface area (Å²) in [5, 5.41) is 0. The number of carbonyl (C=O) groups is 1. The van der Waals surface area contributed by atoms with Crippen LogP contribution in [0.15, 0.2) is 53.6 Å². The largest absolute Gasteiger partial charge is 0.384 e. The van der Waals surface area contributed by atoms with E-state index in [2.05, 4.69) is 11.1 Å². The van der Waals surface area contributed by atoms with Crippen molar-refractivity contribution in [3.05, 3.63) is 69.5 Å². The normalized spacial score (nSPS) is 17.5. The van der Waals surface area contributed by atoms with Crippen LogP contribution in [0.1, 0.15) is 23.3 Å². The molecule has 1 saturated heterocycles. The molecule has 160 valence electrons. The molecule has 2 aliphatic rings. The van der Waals surface area contributed by atoms with Crippen LogP contribution >= 0.6 is 11.3 Å². The third kappa shape index (κ3) is 3.88. The summed E-state index contributed by atoms with van der Waals surface area (Å²) in [4.78, 5) is 32.8. The smallest absolute Gasteiger partial charge is 0.242 e. The van der Waals surface area contributed by atoms with Crippen LogP contribution in [0.25, 0.3) is 10.6 Å². The second-order valence-electron chi connectivity index (χ2n) is 8.07. The predicted molar refractivity (Wildman–Crippen MR) is 120 cm³/mol. The van der Waals surface area contributed by atoms with Crippen LogP contribution < -0.4 is 11.2 Å². The number of pyridine rings is 2. The summed E-state index contributed by atoms with van der Waals surface area (Å²) in [7, 11) is 0. The van der Waals surface area contributed by atoms with E-state index in [4.69, 9.17) is 10.5 Å². The minimum absolute atomic E-state index is 0.0580. The lowest BCUT2D eigenvalue weighted by Gasteiger charge is -2.44. The molecule has 0 aliphatic carbocycles. The number of nitrogens with two attached hydrogens (primary N) is 1. The number of ether oxygens (including phenoxy) is 1. The molecule has 0 radical (unpaired) electrons. The van der Waals surface area contributed by atoms with Gasteiger partial charge in [-0.1, -0.05) is 6.07 Å². The first kappa shape index (κ1) is 20.0. The Morgan fingerprint density at radius 3 is 2.71 bits per heavy atom. The fraction of sp³-hybridized carbons (Fsp3) is 0.348. The molecule has 5 heterocycles. The van der Waals surface area contributed by atoms with E-state index in [1.165, 1.54) is 22.6 Å². The molecule has 8 heteroatoms. The summed E-state index contributed by atoms with van der Waals surface area (Å²) >= 11 is 1.77. The third-order valence-electron chi connectivity index (χ3n) is 6.13. The van der Waals surface area contributed by atoms with Crippen LogP contribution in [0.2, 0.25) is 0 Å². The Morgan fingerprint density at radius 2 is 1.97 bits per heavy atom. The lowest BCUT2D eigenvalue weighted by Crippen LogP contribution is -2.48. The van der Waals surface area contributed by atoms with Gasteiger partial charge >= 0.3 is 0 Å². The quantitative estimate of drug-likeness (QED) is 0.682. The Hall–Kier alpha value is -2.97. The van der Waals surface area contributed by atoms with Gasteiger partial charge in [-0.05, 0) is 36.6 Å². The molecule has 5 rings (SSSR count). The standard InChI is InChI=1S/C23H24N4O3S/c24-21-3-1-2-18(25-21)20-14-17-19(31-20)6-13-30-23(17)7-11-27(12-8-23)22(29)15-26-9-4-16(28)5-10-26/h1-5,9-10,14H,6-8,11-13,15H2,(H2,24,25). The third-order valence-corrected chi connectivity index (χ3v) is 7.35. The predicted octanol–water partition coefficient (Wildman–Crippen LogP) is 2.64. The Kier molecular flexibility index (Phi) is 5.11. The number of likely N-dealkylation sites (tertiary alicyclic amines) is 1. The molecule has 1 fully saturated rings. The SMILES string of the molecule is Nc1cccc(-c2cc3c(s2)CCOC32CCN(C(=O)Cn3ccc(=O)cc3)CC2)n1. The van der Waals surface area contributed by atoms with Crippen molar-refractivity contribution in [2.75, 3.05) is 25.4 Å². The van der Waals surface area contributed by atoms with Crippen molar-refractivity contribution in [2.24, 2.45) is 0 Å². The monoisotopic (exact) mass is 436 g/mol. The number of aromatic nitrogens is 2. The second kappa shape index (κ2) is 7.94. The highest BCUT2D eigenvalue weighted by Crippen LogP contribution is 2.46. The molecule has 3 aromatic heterocycles. The van der Waals surface area contributed by atoms with Gasteiger partial charge < -0.3 is 19.9 Å². The molecule has 0 bridgehead atoms. The maximum Gasteiger partial charge on any atom is 0.242 e. The number of thiophene rings is 1. The van der Waals surface area contributed by atoms with Crippen LogP contribution in [0.3, 0.4) is 0 Å². The Morgan fingerprint density at radius 1 is 1.19 bits per heavy atom. The second-order valence-corrected chi connectivity index (χ2v) is 9.21. The zero-order valence-electron chi connectivity index (χ0n) is 17.1. The van der Waals surface area contributed by atoms with Crippen LogP contribution in [-0.4, -0.2) is 40.1 Å². The summed E-state index contributed by atoms with van der Waals surface area (Å²) in [6.07, 6.45) is 5.75. The molecule has 31 heavy (non-hydrogen) atoms.